The van der Waals surface area contributed by atoms with E-state index >= 15 is 0 Å². The molecule has 0 radical (unpaired) electrons. The summed E-state index contributed by atoms with van der Waals surface area (Å²) in [5.41, 5.74) is 1.31. The number of carbonyl (C=O) groups excluding carboxylic acids is 5. The third-order valence-electron chi connectivity index (χ3n) is 7.65. The summed E-state index contributed by atoms with van der Waals surface area (Å²) in [6, 6.07) is -0.942. The lowest BCUT2D eigenvalue weighted by Crippen LogP contribution is -2.54. The van der Waals surface area contributed by atoms with E-state index in [9.17, 15) is 24.0 Å². The molecule has 4 aliphatic heterocycles. The van der Waals surface area contributed by atoms with Gasteiger partial charge in [0.25, 0.3) is 11.8 Å². The number of nitrogens with zero attached hydrogens (tertiary/aromatic N) is 3. The maximum absolute atomic E-state index is 13.2. The predicted molar refractivity (Wildman–Crippen MR) is 123 cm³/mol. The van der Waals surface area contributed by atoms with Crippen molar-refractivity contribution >= 4 is 29.7 Å². The Hall–Kier alpha value is -3.17. The second kappa shape index (κ2) is 8.20. The van der Waals surface area contributed by atoms with Gasteiger partial charge in [-0.2, -0.15) is 0 Å². The van der Waals surface area contributed by atoms with E-state index < -0.39 is 29.4 Å². The Bertz CT molecular complexity index is 1090. The average Bonchev–Trinajstić information content (AvgIpc) is 3.46. The summed E-state index contributed by atoms with van der Waals surface area (Å²) in [5.74, 6) is -1.85. The molecule has 0 aromatic carbocycles. The summed E-state index contributed by atoms with van der Waals surface area (Å²) in [4.78, 5) is 67.6. The Morgan fingerprint density at radius 1 is 1.03 bits per heavy atom. The van der Waals surface area contributed by atoms with Crippen molar-refractivity contribution in [2.24, 2.45) is 5.41 Å². The summed E-state index contributed by atoms with van der Waals surface area (Å²) < 4.78 is 5.54. The molecule has 0 bridgehead atoms. The zero-order chi connectivity index (χ0) is 25.1. The summed E-state index contributed by atoms with van der Waals surface area (Å²) in [7, 11) is 0. The highest BCUT2D eigenvalue weighted by molar-refractivity contribution is 6.23. The first kappa shape index (κ1) is 23.6. The number of allylic oxidation sites excluding steroid dienone is 1. The van der Waals surface area contributed by atoms with E-state index in [0.29, 0.717) is 37.1 Å². The van der Waals surface area contributed by atoms with Crippen LogP contribution in [-0.2, 0) is 23.9 Å². The van der Waals surface area contributed by atoms with Gasteiger partial charge in [0.2, 0.25) is 11.8 Å². The lowest BCUT2D eigenvalue weighted by Gasteiger charge is -2.29. The normalized spacial score (nSPS) is 29.3. The van der Waals surface area contributed by atoms with E-state index in [2.05, 4.69) is 10.2 Å². The molecule has 3 saturated heterocycles. The van der Waals surface area contributed by atoms with Crippen LogP contribution in [0.4, 0.5) is 4.79 Å². The molecule has 188 valence electrons. The highest BCUT2D eigenvalue weighted by atomic mass is 16.6. The van der Waals surface area contributed by atoms with Crippen molar-refractivity contribution in [2.75, 3.05) is 26.2 Å². The fraction of sp³-hybridized carbons (Fsp3) is 0.640. The number of piperidine rings is 1. The molecule has 0 aromatic heterocycles. The number of hydrogen-bond acceptors (Lipinski definition) is 7. The summed E-state index contributed by atoms with van der Waals surface area (Å²) in [5, 5.41) is 2.23. The lowest BCUT2D eigenvalue weighted by atomic mass is 9.86. The minimum Gasteiger partial charge on any atom is -0.444 e. The Balaban J connectivity index is 1.27. The Morgan fingerprint density at radius 2 is 1.77 bits per heavy atom. The molecule has 5 amide bonds. The smallest absolute Gasteiger partial charge is 0.410 e. The van der Waals surface area contributed by atoms with Gasteiger partial charge in [-0.25, -0.2) is 4.79 Å². The molecule has 1 N–H and O–H groups in total. The second-order valence-corrected chi connectivity index (χ2v) is 11.3. The van der Waals surface area contributed by atoms with Gasteiger partial charge in [-0.05, 0) is 59.0 Å². The van der Waals surface area contributed by atoms with Gasteiger partial charge in [-0.1, -0.05) is 0 Å². The first-order valence-electron chi connectivity index (χ1n) is 12.3. The minimum atomic E-state index is -0.942. The molecule has 0 aromatic rings. The zero-order valence-electron chi connectivity index (χ0n) is 20.5. The van der Waals surface area contributed by atoms with Crippen LogP contribution in [0.2, 0.25) is 0 Å². The molecule has 1 aliphatic carbocycles. The highest BCUT2D eigenvalue weighted by Gasteiger charge is 2.49. The molecule has 2 unspecified atom stereocenters. The summed E-state index contributed by atoms with van der Waals surface area (Å²) >= 11 is 0. The van der Waals surface area contributed by atoms with Gasteiger partial charge in [0.1, 0.15) is 11.6 Å². The van der Waals surface area contributed by atoms with Crippen LogP contribution in [0.15, 0.2) is 22.9 Å². The van der Waals surface area contributed by atoms with Crippen molar-refractivity contribution in [3.63, 3.8) is 0 Å². The maximum Gasteiger partial charge on any atom is 0.410 e. The van der Waals surface area contributed by atoms with Crippen molar-refractivity contribution in [3.05, 3.63) is 22.9 Å². The first-order chi connectivity index (χ1) is 16.5. The van der Waals surface area contributed by atoms with Gasteiger partial charge in [0, 0.05) is 49.3 Å². The molecule has 35 heavy (non-hydrogen) atoms. The average molecular weight is 485 g/mol. The van der Waals surface area contributed by atoms with Gasteiger partial charge in [-0.15, -0.1) is 0 Å². The van der Waals surface area contributed by atoms with Gasteiger partial charge >= 0.3 is 6.09 Å². The van der Waals surface area contributed by atoms with E-state index in [1.165, 1.54) is 0 Å². The van der Waals surface area contributed by atoms with Gasteiger partial charge in [-0.3, -0.25) is 29.4 Å². The van der Waals surface area contributed by atoms with E-state index in [1.54, 1.807) is 4.90 Å². The number of carbonyl (C=O) groups is 5. The summed E-state index contributed by atoms with van der Waals surface area (Å²) in [6.07, 6.45) is 4.75. The van der Waals surface area contributed by atoms with Crippen molar-refractivity contribution in [2.45, 2.75) is 70.9 Å². The maximum atomic E-state index is 13.2. The molecule has 3 fully saturated rings. The SMILES string of the molecule is CC(C)(C)OC(=O)N1CCC2(CCN(C3=CC4=C(CC3)C(=O)N(C3CCC(=O)NC3=O)C4=O)C2)C1. The Kier molecular flexibility index (Phi) is 5.52. The minimum absolute atomic E-state index is 0.000660. The van der Waals surface area contributed by atoms with Gasteiger partial charge in [0.15, 0.2) is 0 Å². The van der Waals surface area contributed by atoms with E-state index in [4.69, 9.17) is 4.74 Å². The van der Waals surface area contributed by atoms with Crippen LogP contribution in [0.1, 0.15) is 59.3 Å². The standard InChI is InChI=1S/C25H32N4O6/c1-24(2,3)35-23(34)28-11-9-25(14-28)8-10-27(13-25)15-4-5-16-17(12-15)22(33)29(21(16)32)18-6-7-19(30)26-20(18)31/h12,18H,4-11,13-14H2,1-3H3,(H,26,30,31). The predicted octanol–water partition coefficient (Wildman–Crippen LogP) is 1.47. The van der Waals surface area contributed by atoms with Crippen molar-refractivity contribution < 1.29 is 28.7 Å². The van der Waals surface area contributed by atoms with Crippen LogP contribution in [0.25, 0.3) is 0 Å². The quantitative estimate of drug-likeness (QED) is 0.590. The Labute approximate surface area is 204 Å². The van der Waals surface area contributed by atoms with Crippen molar-refractivity contribution in [1.82, 2.24) is 20.0 Å². The number of ether oxygens (including phenoxy) is 1. The topological polar surface area (TPSA) is 116 Å². The van der Waals surface area contributed by atoms with Crippen LogP contribution in [0.5, 0.6) is 0 Å². The number of amides is 5. The number of rotatable bonds is 2. The monoisotopic (exact) mass is 484 g/mol. The van der Waals surface area contributed by atoms with Crippen molar-refractivity contribution in [1.29, 1.82) is 0 Å². The molecule has 2 atom stereocenters. The largest absolute Gasteiger partial charge is 0.444 e. The molecule has 0 saturated carbocycles. The fourth-order valence-corrected chi connectivity index (χ4v) is 5.89. The second-order valence-electron chi connectivity index (χ2n) is 11.3. The number of imide groups is 2. The van der Waals surface area contributed by atoms with Crippen molar-refractivity contribution in [3.8, 4) is 0 Å². The van der Waals surface area contributed by atoms with E-state index in [-0.39, 0.29) is 30.3 Å². The molecule has 5 rings (SSSR count). The van der Waals surface area contributed by atoms with Gasteiger partial charge in [0.05, 0.1) is 5.57 Å². The van der Waals surface area contributed by atoms with Crippen LogP contribution >= 0.6 is 0 Å². The third kappa shape index (κ3) is 4.23. The van der Waals surface area contributed by atoms with Crippen LogP contribution in [0.3, 0.4) is 0 Å². The van der Waals surface area contributed by atoms with Crippen LogP contribution < -0.4 is 5.32 Å². The highest BCUT2D eigenvalue weighted by Crippen LogP contribution is 2.43. The lowest BCUT2D eigenvalue weighted by molar-refractivity contribution is -0.150. The molecule has 10 nitrogen and oxygen atoms in total. The zero-order valence-corrected chi connectivity index (χ0v) is 20.5. The molecule has 4 heterocycles. The van der Waals surface area contributed by atoms with Gasteiger partial charge < -0.3 is 14.5 Å². The molecule has 1 spiro atoms. The first-order valence-corrected chi connectivity index (χ1v) is 12.3. The molecular weight excluding hydrogens is 452 g/mol. The third-order valence-corrected chi connectivity index (χ3v) is 7.65. The Morgan fingerprint density at radius 3 is 2.49 bits per heavy atom. The van der Waals surface area contributed by atoms with E-state index in [0.717, 1.165) is 36.5 Å². The number of likely N-dealkylation sites (tertiary alicyclic amines) is 2. The van der Waals surface area contributed by atoms with Crippen LogP contribution in [-0.4, -0.2) is 82.2 Å². The number of hydrogen-bond donors (Lipinski definition) is 1. The fourth-order valence-electron chi connectivity index (χ4n) is 5.89. The molecule has 10 heteroatoms. The summed E-state index contributed by atoms with van der Waals surface area (Å²) in [6.45, 7) is 8.54. The number of nitrogens with one attached hydrogen (secondary N) is 1. The molecular formula is C25H32N4O6. The molecule has 5 aliphatic rings. The van der Waals surface area contributed by atoms with E-state index in [1.807, 2.05) is 26.8 Å². The van der Waals surface area contributed by atoms with Crippen LogP contribution in [0, 0.1) is 5.41 Å².